The third kappa shape index (κ3) is 2.36. The monoisotopic (exact) mass is 234 g/mol. The molecule has 0 unspecified atom stereocenters. The number of carbonyl (C=O) groups is 1. The number of nitrogens with one attached hydrogen (secondary N) is 1. The Morgan fingerprint density at radius 3 is 2.47 bits per heavy atom. The number of hydrogen-bond donors (Lipinski definition) is 2. The average Bonchev–Trinajstić information content (AvgIpc) is 2.58. The zero-order valence-corrected chi connectivity index (χ0v) is 9.01. The first-order chi connectivity index (χ1) is 8.06. The molecule has 0 radical (unpaired) electrons. The summed E-state index contributed by atoms with van der Waals surface area (Å²) >= 11 is 0. The molecule has 0 bridgehead atoms. The van der Waals surface area contributed by atoms with Crippen LogP contribution in [0, 0.1) is 6.92 Å². The van der Waals surface area contributed by atoms with E-state index in [2.05, 4.69) is 9.84 Å². The van der Waals surface area contributed by atoms with Gasteiger partial charge in [-0.1, -0.05) is 0 Å². The highest BCUT2D eigenvalue weighted by atomic mass is 16.7. The van der Waals surface area contributed by atoms with Crippen LogP contribution in [0.3, 0.4) is 0 Å². The number of aromatic amines is 1. The van der Waals surface area contributed by atoms with Gasteiger partial charge in [0.2, 0.25) is 0 Å². The molecule has 2 rings (SSSR count). The largest absolute Gasteiger partial charge is 0.511 e. The first kappa shape index (κ1) is 11.0. The van der Waals surface area contributed by atoms with Crippen molar-refractivity contribution < 1.29 is 14.6 Å². The molecule has 0 spiro atoms. The lowest BCUT2D eigenvalue weighted by Gasteiger charge is -2.03. The van der Waals surface area contributed by atoms with Gasteiger partial charge >= 0.3 is 6.16 Å². The van der Waals surface area contributed by atoms with Gasteiger partial charge in [0.25, 0.3) is 5.56 Å². The molecule has 1 aromatic carbocycles. The molecule has 0 aliphatic carbocycles. The maximum absolute atomic E-state index is 11.5. The second kappa shape index (κ2) is 4.17. The summed E-state index contributed by atoms with van der Waals surface area (Å²) < 4.78 is 5.82. The van der Waals surface area contributed by atoms with Gasteiger partial charge < -0.3 is 9.84 Å². The molecule has 0 aliphatic rings. The summed E-state index contributed by atoms with van der Waals surface area (Å²) in [6.07, 6.45) is -1.37. The Kier molecular flexibility index (Phi) is 2.70. The van der Waals surface area contributed by atoms with Crippen molar-refractivity contribution in [2.75, 3.05) is 0 Å². The van der Waals surface area contributed by atoms with E-state index in [9.17, 15) is 9.59 Å². The van der Waals surface area contributed by atoms with E-state index < -0.39 is 6.16 Å². The maximum atomic E-state index is 11.5. The molecule has 1 heterocycles. The van der Waals surface area contributed by atoms with Crippen LogP contribution in [0.1, 0.15) is 5.69 Å². The van der Waals surface area contributed by atoms with Crippen molar-refractivity contribution in [1.29, 1.82) is 0 Å². The normalized spacial score (nSPS) is 10.2. The third-order valence-corrected chi connectivity index (χ3v) is 2.15. The van der Waals surface area contributed by atoms with Gasteiger partial charge in [-0.2, -0.15) is 0 Å². The molecule has 0 aliphatic heterocycles. The third-order valence-electron chi connectivity index (χ3n) is 2.15. The van der Waals surface area contributed by atoms with Crippen molar-refractivity contribution in [1.82, 2.24) is 9.78 Å². The minimum atomic E-state index is -1.37. The van der Waals surface area contributed by atoms with Crippen molar-refractivity contribution in [3.63, 3.8) is 0 Å². The Morgan fingerprint density at radius 1 is 1.35 bits per heavy atom. The molecule has 6 nitrogen and oxygen atoms in total. The van der Waals surface area contributed by atoms with Gasteiger partial charge in [0.05, 0.1) is 5.69 Å². The molecule has 2 N–H and O–H groups in total. The van der Waals surface area contributed by atoms with Crippen LogP contribution in [0.5, 0.6) is 5.75 Å². The lowest BCUT2D eigenvalue weighted by atomic mass is 10.3. The van der Waals surface area contributed by atoms with Crippen LogP contribution >= 0.6 is 0 Å². The highest BCUT2D eigenvalue weighted by Crippen LogP contribution is 2.14. The van der Waals surface area contributed by atoms with Gasteiger partial charge in [-0.05, 0) is 31.2 Å². The van der Waals surface area contributed by atoms with Crippen molar-refractivity contribution in [2.24, 2.45) is 0 Å². The van der Waals surface area contributed by atoms with Crippen molar-refractivity contribution in [2.45, 2.75) is 6.92 Å². The van der Waals surface area contributed by atoms with Crippen LogP contribution in [0.2, 0.25) is 0 Å². The zero-order valence-electron chi connectivity index (χ0n) is 9.01. The van der Waals surface area contributed by atoms with Crippen LogP contribution < -0.4 is 10.3 Å². The predicted octanol–water partition coefficient (Wildman–Crippen LogP) is 1.53. The summed E-state index contributed by atoms with van der Waals surface area (Å²) in [6.45, 7) is 1.78. The second-order valence-corrected chi connectivity index (χ2v) is 3.47. The van der Waals surface area contributed by atoms with Gasteiger partial charge in [-0.25, -0.2) is 9.48 Å². The van der Waals surface area contributed by atoms with Crippen molar-refractivity contribution in [3.05, 3.63) is 46.4 Å². The zero-order chi connectivity index (χ0) is 12.4. The Labute approximate surface area is 96.1 Å². The summed E-state index contributed by atoms with van der Waals surface area (Å²) in [5.41, 5.74) is 1.19. The van der Waals surface area contributed by atoms with E-state index >= 15 is 0 Å². The summed E-state index contributed by atoms with van der Waals surface area (Å²) in [5, 5.41) is 11.3. The molecule has 0 saturated carbocycles. The van der Waals surface area contributed by atoms with Crippen LogP contribution in [0.4, 0.5) is 4.79 Å². The molecule has 1 aromatic heterocycles. The van der Waals surface area contributed by atoms with Crippen LogP contribution in [-0.4, -0.2) is 21.0 Å². The number of benzene rings is 1. The van der Waals surface area contributed by atoms with Gasteiger partial charge in [-0.3, -0.25) is 9.89 Å². The van der Waals surface area contributed by atoms with Gasteiger partial charge in [-0.15, -0.1) is 0 Å². The molecular formula is C11H10N2O4. The summed E-state index contributed by atoms with van der Waals surface area (Å²) in [5.74, 6) is 0.206. The number of hydrogen-bond acceptors (Lipinski definition) is 3. The molecule has 0 saturated heterocycles. The van der Waals surface area contributed by atoms with E-state index in [1.807, 2.05) is 0 Å². The fraction of sp³-hybridized carbons (Fsp3) is 0.0909. The number of ether oxygens (including phenoxy) is 1. The maximum Gasteiger partial charge on any atom is 0.511 e. The SMILES string of the molecule is Cc1cc(=O)n(-c2ccc(OC(=O)O)cc2)[nH]1. The quantitative estimate of drug-likeness (QED) is 0.609. The summed E-state index contributed by atoms with van der Waals surface area (Å²) in [6, 6.07) is 7.62. The molecule has 6 heteroatoms. The van der Waals surface area contributed by atoms with E-state index in [1.165, 1.54) is 22.9 Å². The van der Waals surface area contributed by atoms with E-state index in [-0.39, 0.29) is 11.3 Å². The topological polar surface area (TPSA) is 84.3 Å². The standard InChI is InChI=1S/C11H10N2O4/c1-7-6-10(14)13(12-7)8-2-4-9(5-3-8)17-11(15)16/h2-6,12H,1H3,(H,15,16). The molecule has 88 valence electrons. The summed E-state index contributed by atoms with van der Waals surface area (Å²) in [4.78, 5) is 21.8. The highest BCUT2D eigenvalue weighted by molar-refractivity contribution is 5.61. The fourth-order valence-corrected chi connectivity index (χ4v) is 1.47. The number of nitrogens with zero attached hydrogens (tertiary/aromatic N) is 1. The van der Waals surface area contributed by atoms with Gasteiger partial charge in [0.1, 0.15) is 5.75 Å². The van der Waals surface area contributed by atoms with Crippen LogP contribution in [0.15, 0.2) is 35.1 Å². The number of H-pyrrole nitrogens is 1. The molecular weight excluding hydrogens is 224 g/mol. The Bertz CT molecular complexity index is 595. The lowest BCUT2D eigenvalue weighted by molar-refractivity contribution is 0.144. The molecule has 0 fully saturated rings. The molecule has 2 aromatic rings. The van der Waals surface area contributed by atoms with Crippen molar-refractivity contribution in [3.8, 4) is 11.4 Å². The first-order valence-electron chi connectivity index (χ1n) is 4.86. The Balaban J connectivity index is 2.32. The Hall–Kier alpha value is -2.50. The van der Waals surface area contributed by atoms with Gasteiger partial charge in [0.15, 0.2) is 0 Å². The van der Waals surface area contributed by atoms with E-state index in [1.54, 1.807) is 19.1 Å². The van der Waals surface area contributed by atoms with Crippen LogP contribution in [-0.2, 0) is 0 Å². The predicted molar refractivity (Wildman–Crippen MR) is 59.8 cm³/mol. The molecule has 0 atom stereocenters. The van der Waals surface area contributed by atoms with Crippen molar-refractivity contribution >= 4 is 6.16 Å². The highest BCUT2D eigenvalue weighted by Gasteiger charge is 2.04. The number of carboxylic acid groups (broad SMARTS) is 1. The smallest absolute Gasteiger partial charge is 0.449 e. The average molecular weight is 234 g/mol. The number of aromatic nitrogens is 2. The van der Waals surface area contributed by atoms with E-state index in [0.717, 1.165) is 5.69 Å². The van der Waals surface area contributed by atoms with E-state index in [4.69, 9.17) is 5.11 Å². The number of aryl methyl sites for hydroxylation is 1. The fourth-order valence-electron chi connectivity index (χ4n) is 1.47. The second-order valence-electron chi connectivity index (χ2n) is 3.47. The minimum Gasteiger partial charge on any atom is -0.449 e. The van der Waals surface area contributed by atoms with Crippen LogP contribution in [0.25, 0.3) is 5.69 Å². The first-order valence-corrected chi connectivity index (χ1v) is 4.86. The lowest BCUT2D eigenvalue weighted by Crippen LogP contribution is -2.13. The van der Waals surface area contributed by atoms with E-state index in [0.29, 0.717) is 5.69 Å². The number of rotatable bonds is 2. The molecule has 17 heavy (non-hydrogen) atoms. The Morgan fingerprint density at radius 2 is 2.00 bits per heavy atom. The van der Waals surface area contributed by atoms with Gasteiger partial charge in [0, 0.05) is 11.8 Å². The minimum absolute atomic E-state index is 0.172. The summed E-state index contributed by atoms with van der Waals surface area (Å²) in [7, 11) is 0. The molecule has 0 amide bonds.